The first-order valence-electron chi connectivity index (χ1n) is 7.05. The third kappa shape index (κ3) is 5.19. The van der Waals surface area contributed by atoms with Crippen molar-refractivity contribution in [3.63, 3.8) is 0 Å². The van der Waals surface area contributed by atoms with Crippen molar-refractivity contribution in [2.75, 3.05) is 39.4 Å². The molecule has 1 atom stereocenters. The van der Waals surface area contributed by atoms with Gasteiger partial charge in [0.05, 0.1) is 13.2 Å². The van der Waals surface area contributed by atoms with E-state index in [0.29, 0.717) is 11.8 Å². The second-order valence-electron chi connectivity index (χ2n) is 5.18. The smallest absolute Gasteiger partial charge is 0.115 e. The highest BCUT2D eigenvalue weighted by atomic mass is 16.5. The van der Waals surface area contributed by atoms with Crippen molar-refractivity contribution in [2.24, 2.45) is 0 Å². The van der Waals surface area contributed by atoms with Crippen molar-refractivity contribution in [1.82, 2.24) is 10.2 Å². The Kier molecular flexibility index (Phi) is 5.63. The molecule has 1 aliphatic rings. The zero-order valence-corrected chi connectivity index (χ0v) is 11.6. The van der Waals surface area contributed by atoms with Gasteiger partial charge in [-0.15, -0.1) is 0 Å². The molecule has 0 saturated carbocycles. The molecular weight excluding hydrogens is 240 g/mol. The van der Waals surface area contributed by atoms with Crippen LogP contribution in [0.3, 0.4) is 0 Å². The molecule has 0 aliphatic carbocycles. The monoisotopic (exact) mass is 264 g/mol. The zero-order valence-electron chi connectivity index (χ0n) is 11.6. The maximum absolute atomic E-state index is 9.25. The van der Waals surface area contributed by atoms with Crippen LogP contribution in [0, 0.1) is 0 Å². The van der Waals surface area contributed by atoms with E-state index in [9.17, 15) is 5.11 Å². The lowest BCUT2D eigenvalue weighted by atomic mass is 10.1. The van der Waals surface area contributed by atoms with Crippen molar-refractivity contribution in [1.29, 1.82) is 0 Å². The van der Waals surface area contributed by atoms with Crippen molar-refractivity contribution >= 4 is 0 Å². The first-order valence-corrected chi connectivity index (χ1v) is 7.05. The van der Waals surface area contributed by atoms with E-state index in [0.717, 1.165) is 45.8 Å². The Bertz CT molecular complexity index is 361. The molecule has 1 aromatic carbocycles. The zero-order chi connectivity index (χ0) is 13.5. The number of nitrogens with zero attached hydrogens (tertiary/aromatic N) is 1. The molecule has 0 bridgehead atoms. The van der Waals surface area contributed by atoms with Gasteiger partial charge < -0.3 is 15.2 Å². The van der Waals surface area contributed by atoms with Gasteiger partial charge in [0.25, 0.3) is 0 Å². The molecule has 1 fully saturated rings. The first kappa shape index (κ1) is 14.3. The topological polar surface area (TPSA) is 44.7 Å². The lowest BCUT2D eigenvalue weighted by Crippen LogP contribution is -2.42. The molecule has 1 saturated heterocycles. The highest BCUT2D eigenvalue weighted by Crippen LogP contribution is 2.11. The number of phenols is 1. The number of aromatic hydroxyl groups is 1. The molecule has 1 aliphatic heterocycles. The van der Waals surface area contributed by atoms with Gasteiger partial charge in [-0.3, -0.25) is 4.90 Å². The Morgan fingerprint density at radius 1 is 1.26 bits per heavy atom. The molecule has 2 rings (SSSR count). The normalized spacial score (nSPS) is 18.4. The highest BCUT2D eigenvalue weighted by Gasteiger charge is 2.10. The predicted octanol–water partition coefficient (Wildman–Crippen LogP) is 1.24. The highest BCUT2D eigenvalue weighted by molar-refractivity contribution is 5.26. The fourth-order valence-corrected chi connectivity index (χ4v) is 2.35. The maximum Gasteiger partial charge on any atom is 0.115 e. The van der Waals surface area contributed by atoms with E-state index in [1.165, 1.54) is 5.56 Å². The predicted molar refractivity (Wildman–Crippen MR) is 76.5 cm³/mol. The number of hydrogen-bond donors (Lipinski definition) is 2. The number of nitrogens with one attached hydrogen (secondary N) is 1. The van der Waals surface area contributed by atoms with E-state index < -0.39 is 0 Å². The molecule has 0 aromatic heterocycles. The van der Waals surface area contributed by atoms with E-state index in [4.69, 9.17) is 4.74 Å². The lowest BCUT2D eigenvalue weighted by molar-refractivity contribution is 0.0382. The minimum Gasteiger partial charge on any atom is -0.508 e. The number of morpholine rings is 1. The van der Waals surface area contributed by atoms with E-state index in [1.54, 1.807) is 12.1 Å². The quantitative estimate of drug-likeness (QED) is 0.811. The largest absolute Gasteiger partial charge is 0.508 e. The lowest BCUT2D eigenvalue weighted by Gasteiger charge is -2.27. The summed E-state index contributed by atoms with van der Waals surface area (Å²) in [5.41, 5.74) is 1.25. The molecule has 1 aromatic rings. The van der Waals surface area contributed by atoms with Crippen LogP contribution in [-0.4, -0.2) is 55.4 Å². The molecule has 2 N–H and O–H groups in total. The maximum atomic E-state index is 9.25. The number of hydrogen-bond acceptors (Lipinski definition) is 4. The van der Waals surface area contributed by atoms with E-state index in [2.05, 4.69) is 17.1 Å². The minimum atomic E-state index is 0.330. The summed E-state index contributed by atoms with van der Waals surface area (Å²) in [6.07, 6.45) is 0.989. The Hall–Kier alpha value is -1.10. The van der Waals surface area contributed by atoms with Crippen molar-refractivity contribution in [2.45, 2.75) is 19.4 Å². The van der Waals surface area contributed by atoms with Crippen LogP contribution in [0.1, 0.15) is 12.5 Å². The van der Waals surface area contributed by atoms with Crippen LogP contribution in [0.2, 0.25) is 0 Å². The van der Waals surface area contributed by atoms with Gasteiger partial charge in [0, 0.05) is 32.2 Å². The van der Waals surface area contributed by atoms with Gasteiger partial charge >= 0.3 is 0 Å². The molecule has 1 unspecified atom stereocenters. The summed E-state index contributed by atoms with van der Waals surface area (Å²) in [5.74, 6) is 0.330. The van der Waals surface area contributed by atoms with Crippen LogP contribution in [0.5, 0.6) is 5.75 Å². The average Bonchev–Trinajstić information content (AvgIpc) is 2.43. The molecule has 106 valence electrons. The Balaban J connectivity index is 1.63. The summed E-state index contributed by atoms with van der Waals surface area (Å²) in [4.78, 5) is 2.43. The van der Waals surface area contributed by atoms with E-state index >= 15 is 0 Å². The van der Waals surface area contributed by atoms with Gasteiger partial charge in [-0.2, -0.15) is 0 Å². The van der Waals surface area contributed by atoms with Crippen LogP contribution in [0.4, 0.5) is 0 Å². The third-order valence-corrected chi connectivity index (χ3v) is 3.50. The molecule has 0 radical (unpaired) electrons. The van der Waals surface area contributed by atoms with Crippen molar-refractivity contribution in [3.8, 4) is 5.75 Å². The van der Waals surface area contributed by atoms with Gasteiger partial charge in [0.15, 0.2) is 0 Å². The molecule has 19 heavy (non-hydrogen) atoms. The number of ether oxygens (including phenoxy) is 1. The van der Waals surface area contributed by atoms with Gasteiger partial charge in [0.1, 0.15) is 5.75 Å². The first-order chi connectivity index (χ1) is 9.24. The van der Waals surface area contributed by atoms with Crippen LogP contribution in [-0.2, 0) is 11.2 Å². The SMILES string of the molecule is CC(Cc1ccc(O)cc1)NCCN1CCOCC1. The summed E-state index contributed by atoms with van der Waals surface area (Å²) in [6, 6.07) is 7.90. The second kappa shape index (κ2) is 7.48. The van der Waals surface area contributed by atoms with Gasteiger partial charge in [-0.1, -0.05) is 12.1 Å². The fraction of sp³-hybridized carbons (Fsp3) is 0.600. The summed E-state index contributed by atoms with van der Waals surface area (Å²) in [5, 5.41) is 12.8. The fourth-order valence-electron chi connectivity index (χ4n) is 2.35. The minimum absolute atomic E-state index is 0.330. The third-order valence-electron chi connectivity index (χ3n) is 3.50. The molecule has 4 heteroatoms. The van der Waals surface area contributed by atoms with Crippen LogP contribution in [0.15, 0.2) is 24.3 Å². The molecule has 4 nitrogen and oxygen atoms in total. The van der Waals surface area contributed by atoms with E-state index in [-0.39, 0.29) is 0 Å². The molecule has 0 spiro atoms. The second-order valence-corrected chi connectivity index (χ2v) is 5.18. The molecule has 1 heterocycles. The van der Waals surface area contributed by atoms with E-state index in [1.807, 2.05) is 12.1 Å². The summed E-state index contributed by atoms with van der Waals surface area (Å²) in [6.45, 7) is 8.13. The summed E-state index contributed by atoms with van der Waals surface area (Å²) < 4.78 is 5.33. The standard InChI is InChI=1S/C15H24N2O2/c1-13(12-14-2-4-15(18)5-3-14)16-6-7-17-8-10-19-11-9-17/h2-5,13,16,18H,6-12H2,1H3. The summed E-state index contributed by atoms with van der Waals surface area (Å²) >= 11 is 0. The summed E-state index contributed by atoms with van der Waals surface area (Å²) in [7, 11) is 0. The Labute approximate surface area is 115 Å². The Morgan fingerprint density at radius 2 is 1.95 bits per heavy atom. The average molecular weight is 264 g/mol. The number of rotatable bonds is 6. The molecule has 0 amide bonds. The van der Waals surface area contributed by atoms with Crippen molar-refractivity contribution in [3.05, 3.63) is 29.8 Å². The Morgan fingerprint density at radius 3 is 2.63 bits per heavy atom. The number of benzene rings is 1. The van der Waals surface area contributed by atoms with Crippen LogP contribution in [0.25, 0.3) is 0 Å². The van der Waals surface area contributed by atoms with Crippen LogP contribution < -0.4 is 5.32 Å². The van der Waals surface area contributed by atoms with Gasteiger partial charge in [0.2, 0.25) is 0 Å². The van der Waals surface area contributed by atoms with Crippen molar-refractivity contribution < 1.29 is 9.84 Å². The number of phenolic OH excluding ortho intramolecular Hbond substituents is 1. The van der Waals surface area contributed by atoms with Crippen LogP contribution >= 0.6 is 0 Å². The van der Waals surface area contributed by atoms with Gasteiger partial charge in [-0.05, 0) is 31.0 Å². The molecular formula is C15H24N2O2. The van der Waals surface area contributed by atoms with Gasteiger partial charge in [-0.25, -0.2) is 0 Å².